The monoisotopic (exact) mass is 478 g/mol. The number of hydrazone groups is 1. The lowest BCUT2D eigenvalue weighted by atomic mass is 9.91. The molecule has 178 valence electrons. The lowest BCUT2D eigenvalue weighted by molar-refractivity contribution is -0.401. The fourth-order valence-corrected chi connectivity index (χ4v) is 3.25. The number of benzene rings is 2. The number of carbonyl (C=O) groups is 1. The van der Waals surface area contributed by atoms with Crippen LogP contribution in [0.15, 0.2) is 59.7 Å². The number of halogens is 7. The Labute approximate surface area is 182 Å². The molecule has 0 aromatic heterocycles. The fourth-order valence-electron chi connectivity index (χ4n) is 3.25. The highest BCUT2D eigenvalue weighted by molar-refractivity contribution is 6.04. The van der Waals surface area contributed by atoms with Gasteiger partial charge in [-0.2, -0.15) is 40.8 Å². The van der Waals surface area contributed by atoms with E-state index in [4.69, 9.17) is 0 Å². The number of hydrogen-bond acceptors (Lipinski definition) is 4. The van der Waals surface area contributed by atoms with E-state index in [0.29, 0.717) is 5.56 Å². The summed E-state index contributed by atoms with van der Waals surface area (Å²) >= 11 is 0. The maximum Gasteiger partial charge on any atom is 0.460 e. The van der Waals surface area contributed by atoms with Crippen LogP contribution in [0, 0.1) is 6.92 Å². The quantitative estimate of drug-likeness (QED) is 0.634. The van der Waals surface area contributed by atoms with Gasteiger partial charge < -0.3 is 10.2 Å². The van der Waals surface area contributed by atoms with Gasteiger partial charge in [0.2, 0.25) is 5.72 Å². The SMILES string of the molecule is Cc1ccc(C2=NN(C(=O)[C@H](O)c3ccccc3)[C@@](O)(C(F)(F)C(F)(F)C(F)(F)F)C2)cc1. The molecule has 0 fully saturated rings. The van der Waals surface area contributed by atoms with Gasteiger partial charge in [0, 0.05) is 6.42 Å². The summed E-state index contributed by atoms with van der Waals surface area (Å²) in [5.74, 6) is -14.8. The van der Waals surface area contributed by atoms with Crippen molar-refractivity contribution in [3.8, 4) is 0 Å². The van der Waals surface area contributed by atoms with Gasteiger partial charge in [0.15, 0.2) is 6.10 Å². The maximum atomic E-state index is 14.7. The fraction of sp³-hybridized carbons (Fsp3) is 0.333. The second-order valence-electron chi connectivity index (χ2n) is 7.52. The first kappa shape index (κ1) is 24.6. The van der Waals surface area contributed by atoms with Crippen molar-refractivity contribution in [2.75, 3.05) is 0 Å². The van der Waals surface area contributed by atoms with Crippen molar-refractivity contribution in [1.29, 1.82) is 0 Å². The molecule has 1 aliphatic heterocycles. The first-order chi connectivity index (χ1) is 15.1. The van der Waals surface area contributed by atoms with Gasteiger partial charge >= 0.3 is 18.0 Å². The van der Waals surface area contributed by atoms with E-state index < -0.39 is 52.9 Å². The number of nitrogens with zero attached hydrogens (tertiary/aromatic N) is 2. The Morgan fingerprint density at radius 3 is 2.06 bits per heavy atom. The minimum Gasteiger partial charge on any atom is -0.378 e. The molecule has 12 heteroatoms. The van der Waals surface area contributed by atoms with Crippen molar-refractivity contribution >= 4 is 11.6 Å². The van der Waals surface area contributed by atoms with Crippen LogP contribution in [0.25, 0.3) is 0 Å². The van der Waals surface area contributed by atoms with Gasteiger partial charge in [-0.05, 0) is 18.1 Å². The third-order valence-electron chi connectivity index (χ3n) is 5.18. The van der Waals surface area contributed by atoms with Crippen molar-refractivity contribution in [2.45, 2.75) is 43.2 Å². The number of aliphatic hydroxyl groups excluding tert-OH is 1. The zero-order valence-corrected chi connectivity index (χ0v) is 16.8. The number of aryl methyl sites for hydroxylation is 1. The molecule has 3 rings (SSSR count). The molecule has 0 unspecified atom stereocenters. The predicted molar refractivity (Wildman–Crippen MR) is 101 cm³/mol. The van der Waals surface area contributed by atoms with Gasteiger partial charge in [-0.25, -0.2) is 0 Å². The summed E-state index contributed by atoms with van der Waals surface area (Å²) in [6.45, 7) is 1.67. The molecule has 1 amide bonds. The number of alkyl halides is 7. The van der Waals surface area contributed by atoms with Crippen LogP contribution >= 0.6 is 0 Å². The molecule has 33 heavy (non-hydrogen) atoms. The van der Waals surface area contributed by atoms with Crippen LogP contribution in [0.5, 0.6) is 0 Å². The number of carbonyl (C=O) groups excluding carboxylic acids is 1. The number of aliphatic hydroxyl groups is 2. The predicted octanol–water partition coefficient (Wildman–Crippen LogP) is 4.19. The summed E-state index contributed by atoms with van der Waals surface area (Å²) in [5, 5.41) is 23.7. The third-order valence-corrected chi connectivity index (χ3v) is 5.18. The summed E-state index contributed by atoms with van der Waals surface area (Å²) in [6, 6.07) is 12.1. The van der Waals surface area contributed by atoms with E-state index in [2.05, 4.69) is 5.10 Å². The maximum absolute atomic E-state index is 14.7. The van der Waals surface area contributed by atoms with Gasteiger partial charge in [0.05, 0.1) is 5.71 Å². The molecule has 0 saturated heterocycles. The molecule has 1 aliphatic rings. The minimum absolute atomic E-state index is 0.00495. The Hall–Kier alpha value is -2.99. The van der Waals surface area contributed by atoms with E-state index in [1.165, 1.54) is 54.6 Å². The Bertz CT molecular complexity index is 1060. The van der Waals surface area contributed by atoms with Crippen LogP contribution < -0.4 is 0 Å². The van der Waals surface area contributed by atoms with Gasteiger partial charge in [-0.3, -0.25) is 4.79 Å². The van der Waals surface area contributed by atoms with E-state index in [9.17, 15) is 45.7 Å². The van der Waals surface area contributed by atoms with Gasteiger partial charge in [0.1, 0.15) is 0 Å². The van der Waals surface area contributed by atoms with Crippen molar-refractivity contribution in [1.82, 2.24) is 5.01 Å². The van der Waals surface area contributed by atoms with Crippen molar-refractivity contribution in [2.24, 2.45) is 5.10 Å². The van der Waals surface area contributed by atoms with Gasteiger partial charge in [0.25, 0.3) is 5.91 Å². The van der Waals surface area contributed by atoms with Crippen LogP contribution in [-0.2, 0) is 4.79 Å². The average Bonchev–Trinajstić information content (AvgIpc) is 3.12. The highest BCUT2D eigenvalue weighted by Gasteiger charge is 2.82. The Morgan fingerprint density at radius 1 is 1.00 bits per heavy atom. The molecule has 0 radical (unpaired) electrons. The zero-order valence-electron chi connectivity index (χ0n) is 16.8. The molecular formula is C21H17F7N2O3. The first-order valence-electron chi connectivity index (χ1n) is 9.40. The van der Waals surface area contributed by atoms with Crippen LogP contribution in [0.4, 0.5) is 30.7 Å². The first-order valence-corrected chi connectivity index (χ1v) is 9.40. The number of hydrogen-bond donors (Lipinski definition) is 2. The Balaban J connectivity index is 2.13. The lowest BCUT2D eigenvalue weighted by Gasteiger charge is -2.41. The summed E-state index contributed by atoms with van der Waals surface area (Å²) in [6.07, 6.45) is -10.6. The van der Waals surface area contributed by atoms with Crippen LogP contribution in [0.2, 0.25) is 0 Å². The largest absolute Gasteiger partial charge is 0.460 e. The Morgan fingerprint density at radius 2 is 1.55 bits per heavy atom. The topological polar surface area (TPSA) is 73.1 Å². The van der Waals surface area contributed by atoms with Gasteiger partial charge in [-0.1, -0.05) is 60.2 Å². The average molecular weight is 478 g/mol. The van der Waals surface area contributed by atoms with E-state index in [0.717, 1.165) is 0 Å². The summed E-state index contributed by atoms with van der Waals surface area (Å²) in [7, 11) is 0. The van der Waals surface area contributed by atoms with E-state index in [1.54, 1.807) is 6.92 Å². The molecule has 0 spiro atoms. The van der Waals surface area contributed by atoms with Crippen molar-refractivity contribution in [3.05, 3.63) is 71.3 Å². The summed E-state index contributed by atoms with van der Waals surface area (Å²) < 4.78 is 95.7. The molecule has 0 saturated carbocycles. The second kappa shape index (κ2) is 8.10. The molecule has 0 aliphatic carbocycles. The zero-order chi connectivity index (χ0) is 24.8. The summed E-state index contributed by atoms with van der Waals surface area (Å²) in [4.78, 5) is 12.8. The van der Waals surface area contributed by atoms with Gasteiger partial charge in [-0.15, -0.1) is 0 Å². The van der Waals surface area contributed by atoms with E-state index in [-0.39, 0.29) is 11.1 Å². The van der Waals surface area contributed by atoms with Crippen LogP contribution in [-0.4, -0.2) is 50.6 Å². The molecular weight excluding hydrogens is 461 g/mol. The standard InChI is InChI=1S/C21H17F7N2O3/c1-12-7-9-13(10-8-12)15-11-18(33,19(22,23)20(24,25)21(26,27)28)30(29-15)17(32)16(31)14-5-3-2-4-6-14/h2-10,16,31,33H,11H2,1H3/t16-,18+/m1/s1. The molecule has 5 nitrogen and oxygen atoms in total. The van der Waals surface area contributed by atoms with Crippen LogP contribution in [0.1, 0.15) is 29.2 Å². The van der Waals surface area contributed by atoms with Crippen LogP contribution in [0.3, 0.4) is 0 Å². The molecule has 2 atom stereocenters. The highest BCUT2D eigenvalue weighted by atomic mass is 19.4. The number of amides is 1. The van der Waals surface area contributed by atoms with Crippen molar-refractivity contribution in [3.63, 3.8) is 0 Å². The second-order valence-corrected chi connectivity index (χ2v) is 7.52. The summed E-state index contributed by atoms with van der Waals surface area (Å²) in [5.41, 5.74) is -4.47. The molecule has 2 aromatic rings. The Kier molecular flexibility index (Phi) is 6.05. The smallest absolute Gasteiger partial charge is 0.378 e. The molecule has 0 bridgehead atoms. The van der Waals surface area contributed by atoms with Crippen molar-refractivity contribution < 1.29 is 45.7 Å². The highest BCUT2D eigenvalue weighted by Crippen LogP contribution is 2.55. The lowest BCUT2D eigenvalue weighted by Crippen LogP contribution is -2.69. The molecule has 2 aromatic carbocycles. The molecule has 2 N–H and O–H groups in total. The van der Waals surface area contributed by atoms with E-state index in [1.807, 2.05) is 0 Å². The molecule has 1 heterocycles. The number of rotatable bonds is 5. The minimum atomic E-state index is -6.76. The van der Waals surface area contributed by atoms with E-state index >= 15 is 0 Å². The normalized spacial score (nSPS) is 20.5. The third kappa shape index (κ3) is 3.97.